The van der Waals surface area contributed by atoms with Crippen LogP contribution in [-0.4, -0.2) is 38.4 Å². The van der Waals surface area contributed by atoms with E-state index >= 15 is 0 Å². The van der Waals surface area contributed by atoms with Crippen molar-refractivity contribution in [3.05, 3.63) is 64.6 Å². The summed E-state index contributed by atoms with van der Waals surface area (Å²) in [4.78, 5) is 32.6. The Morgan fingerprint density at radius 3 is 2.68 bits per heavy atom. The molecule has 1 N–H and O–H groups in total. The Bertz CT molecular complexity index is 822. The summed E-state index contributed by atoms with van der Waals surface area (Å²) in [5.41, 5.74) is 1.72. The van der Waals surface area contributed by atoms with Gasteiger partial charge >= 0.3 is 11.8 Å². The highest BCUT2D eigenvalue weighted by Crippen LogP contribution is 2.28. The van der Waals surface area contributed by atoms with E-state index in [1.807, 2.05) is 43.3 Å². The molecule has 0 fully saturated rings. The monoisotopic (exact) mass is 339 g/mol. The summed E-state index contributed by atoms with van der Waals surface area (Å²) < 4.78 is 0. The number of nitrogens with zero attached hydrogens (tertiary/aromatic N) is 4. The van der Waals surface area contributed by atoms with E-state index in [0.717, 1.165) is 11.3 Å². The summed E-state index contributed by atoms with van der Waals surface area (Å²) in [6.45, 7) is 2.31. The van der Waals surface area contributed by atoms with Gasteiger partial charge in [0.1, 0.15) is 0 Å². The van der Waals surface area contributed by atoms with Gasteiger partial charge in [-0.3, -0.25) is 0 Å². The number of nitro groups is 1. The fourth-order valence-corrected chi connectivity index (χ4v) is 2.80. The largest absolute Gasteiger partial charge is 0.389 e. The molecular formula is C17H17N5O3. The topological polar surface area (TPSA) is 101 Å². The number of carbonyl (C=O) groups excluding carboxylic acids is 1. The molecule has 1 aromatic heterocycles. The summed E-state index contributed by atoms with van der Waals surface area (Å²) in [5, 5.41) is 14.0. The maximum Gasteiger partial charge on any atom is 0.389 e. The number of benzene rings is 1. The first-order valence-corrected chi connectivity index (χ1v) is 7.85. The molecule has 3 rings (SSSR count). The molecule has 1 aliphatic heterocycles. The van der Waals surface area contributed by atoms with Crippen molar-refractivity contribution >= 4 is 23.1 Å². The smallest absolute Gasteiger partial charge is 0.358 e. The maximum absolute atomic E-state index is 12.4. The second-order valence-corrected chi connectivity index (χ2v) is 5.66. The third kappa shape index (κ3) is 3.63. The van der Waals surface area contributed by atoms with Gasteiger partial charge in [-0.2, -0.15) is 0 Å². The van der Waals surface area contributed by atoms with Gasteiger partial charge in [-0.05, 0) is 41.0 Å². The van der Waals surface area contributed by atoms with E-state index in [9.17, 15) is 14.9 Å². The highest BCUT2D eigenvalue weighted by molar-refractivity contribution is 5.90. The second-order valence-electron chi connectivity index (χ2n) is 5.66. The Morgan fingerprint density at radius 2 is 2.00 bits per heavy atom. The number of amides is 2. The van der Waals surface area contributed by atoms with Gasteiger partial charge in [0.05, 0.1) is 6.20 Å². The van der Waals surface area contributed by atoms with Crippen molar-refractivity contribution in [2.75, 3.05) is 11.9 Å². The molecule has 0 saturated carbocycles. The summed E-state index contributed by atoms with van der Waals surface area (Å²) in [5.74, 6) is -0.261. The van der Waals surface area contributed by atoms with Crippen molar-refractivity contribution in [2.24, 2.45) is 0 Å². The number of hydrogen-bond donors (Lipinski definition) is 1. The maximum atomic E-state index is 12.4. The normalized spacial score (nSPS) is 16.9. The van der Waals surface area contributed by atoms with Gasteiger partial charge in [0.15, 0.2) is 11.9 Å². The number of anilines is 1. The second kappa shape index (κ2) is 7.08. The van der Waals surface area contributed by atoms with E-state index in [2.05, 4.69) is 15.3 Å². The zero-order valence-electron chi connectivity index (χ0n) is 13.6. The predicted molar refractivity (Wildman–Crippen MR) is 92.9 cm³/mol. The van der Waals surface area contributed by atoms with Gasteiger partial charge in [0, 0.05) is 18.3 Å². The average molecular weight is 339 g/mol. The SMILES string of the molecule is C[C@@H]1C=C(c2nccnc2[N+](=O)[O-])CCN1C(=O)Nc1ccccc1. The molecular weight excluding hydrogens is 322 g/mol. The number of urea groups is 1. The zero-order chi connectivity index (χ0) is 17.8. The molecule has 8 heteroatoms. The van der Waals surface area contributed by atoms with Gasteiger partial charge in [0.2, 0.25) is 0 Å². The van der Waals surface area contributed by atoms with Crippen LogP contribution in [0, 0.1) is 10.1 Å². The van der Waals surface area contributed by atoms with Gasteiger partial charge in [-0.25, -0.2) is 9.78 Å². The average Bonchev–Trinajstić information content (AvgIpc) is 2.62. The molecule has 2 aromatic rings. The van der Waals surface area contributed by atoms with E-state index in [-0.39, 0.29) is 23.6 Å². The standard InChI is InChI=1S/C17H17N5O3/c1-12-11-13(15-16(22(24)25)19-9-8-18-15)7-10-21(12)17(23)20-14-5-3-2-4-6-14/h2-6,8-9,11-12H,7,10H2,1H3,(H,20,23)/t12-/m1/s1. The molecule has 0 unspecified atom stereocenters. The molecule has 1 atom stereocenters. The minimum atomic E-state index is -0.539. The Balaban J connectivity index is 1.78. The van der Waals surface area contributed by atoms with Gasteiger partial charge < -0.3 is 20.3 Å². The quantitative estimate of drug-likeness (QED) is 0.684. The minimum absolute atomic E-state index is 0.206. The summed E-state index contributed by atoms with van der Waals surface area (Å²) in [6.07, 6.45) is 5.04. The van der Waals surface area contributed by atoms with Crippen molar-refractivity contribution in [3.63, 3.8) is 0 Å². The van der Waals surface area contributed by atoms with E-state index in [1.165, 1.54) is 12.4 Å². The fraction of sp³-hybridized carbons (Fsp3) is 0.235. The fourth-order valence-electron chi connectivity index (χ4n) is 2.80. The molecule has 0 aliphatic carbocycles. The number of para-hydroxylation sites is 1. The molecule has 0 radical (unpaired) electrons. The van der Waals surface area contributed by atoms with Crippen molar-refractivity contribution in [2.45, 2.75) is 19.4 Å². The van der Waals surface area contributed by atoms with Crippen molar-refractivity contribution in [3.8, 4) is 0 Å². The predicted octanol–water partition coefficient (Wildman–Crippen LogP) is 3.09. The first-order chi connectivity index (χ1) is 12.1. The molecule has 0 spiro atoms. The lowest BCUT2D eigenvalue weighted by molar-refractivity contribution is -0.390. The number of rotatable bonds is 3. The molecule has 8 nitrogen and oxygen atoms in total. The Labute approximate surface area is 144 Å². The molecule has 0 saturated heterocycles. The van der Waals surface area contributed by atoms with Gasteiger partial charge in [0.25, 0.3) is 0 Å². The van der Waals surface area contributed by atoms with Crippen LogP contribution in [0.25, 0.3) is 5.57 Å². The van der Waals surface area contributed by atoms with Crippen LogP contribution < -0.4 is 5.32 Å². The first-order valence-electron chi connectivity index (χ1n) is 7.85. The summed E-state index contributed by atoms with van der Waals surface area (Å²) >= 11 is 0. The van der Waals surface area contributed by atoms with Crippen LogP contribution in [0.5, 0.6) is 0 Å². The van der Waals surface area contributed by atoms with Crippen LogP contribution in [-0.2, 0) is 0 Å². The lowest BCUT2D eigenvalue weighted by atomic mass is 10.0. The van der Waals surface area contributed by atoms with Crippen LogP contribution in [0.1, 0.15) is 19.0 Å². The van der Waals surface area contributed by atoms with Crippen LogP contribution in [0.3, 0.4) is 0 Å². The lowest BCUT2D eigenvalue weighted by Gasteiger charge is -2.32. The van der Waals surface area contributed by atoms with E-state index < -0.39 is 4.92 Å². The Kier molecular flexibility index (Phi) is 4.69. The van der Waals surface area contributed by atoms with Gasteiger partial charge in [-0.15, -0.1) is 0 Å². The van der Waals surface area contributed by atoms with Crippen molar-refractivity contribution in [1.82, 2.24) is 14.9 Å². The Hall–Kier alpha value is -3.29. The molecule has 1 aliphatic rings. The first kappa shape index (κ1) is 16.6. The molecule has 0 bridgehead atoms. The van der Waals surface area contributed by atoms with Crippen LogP contribution in [0.15, 0.2) is 48.8 Å². The molecule has 25 heavy (non-hydrogen) atoms. The third-order valence-corrected chi connectivity index (χ3v) is 4.00. The molecule has 1 aromatic carbocycles. The van der Waals surface area contributed by atoms with E-state index in [1.54, 1.807) is 4.90 Å². The zero-order valence-corrected chi connectivity index (χ0v) is 13.6. The molecule has 128 valence electrons. The summed E-state index contributed by atoms with van der Waals surface area (Å²) in [6, 6.07) is 8.78. The number of aromatic nitrogens is 2. The van der Waals surface area contributed by atoms with Crippen molar-refractivity contribution in [1.29, 1.82) is 0 Å². The Morgan fingerprint density at radius 1 is 1.28 bits per heavy atom. The van der Waals surface area contributed by atoms with Crippen LogP contribution >= 0.6 is 0 Å². The molecule has 2 amide bonds. The van der Waals surface area contributed by atoms with E-state index in [0.29, 0.717) is 13.0 Å². The number of hydrogen-bond acceptors (Lipinski definition) is 5. The van der Waals surface area contributed by atoms with E-state index in [4.69, 9.17) is 0 Å². The highest BCUT2D eigenvalue weighted by atomic mass is 16.6. The highest BCUT2D eigenvalue weighted by Gasteiger charge is 2.28. The van der Waals surface area contributed by atoms with Crippen molar-refractivity contribution < 1.29 is 9.72 Å². The minimum Gasteiger partial charge on any atom is -0.358 e. The van der Waals surface area contributed by atoms with Crippen LogP contribution in [0.4, 0.5) is 16.3 Å². The van der Waals surface area contributed by atoms with Gasteiger partial charge in [-0.1, -0.05) is 24.3 Å². The van der Waals surface area contributed by atoms with Crippen LogP contribution in [0.2, 0.25) is 0 Å². The summed E-state index contributed by atoms with van der Waals surface area (Å²) in [7, 11) is 0. The number of carbonyl (C=O) groups is 1. The third-order valence-electron chi connectivity index (χ3n) is 4.00. The number of nitrogens with one attached hydrogen (secondary N) is 1. The lowest BCUT2D eigenvalue weighted by Crippen LogP contribution is -2.43. The molecule has 2 heterocycles.